The van der Waals surface area contributed by atoms with Gasteiger partial charge in [0.05, 0.1) is 17.1 Å². The molecule has 1 aromatic heterocycles. The van der Waals surface area contributed by atoms with Gasteiger partial charge in [-0.2, -0.15) is 0 Å². The van der Waals surface area contributed by atoms with Crippen molar-refractivity contribution in [2.45, 2.75) is 11.3 Å². The third kappa shape index (κ3) is 3.52. The molecule has 0 amide bonds. The highest BCUT2D eigenvalue weighted by Crippen LogP contribution is 2.19. The number of aromatic nitrogens is 2. The molecule has 1 aromatic carbocycles. The Balaban J connectivity index is 1.50. The number of hydrogen-bond donors (Lipinski definition) is 3. The van der Waals surface area contributed by atoms with E-state index in [9.17, 15) is 5.11 Å². The first-order valence-corrected chi connectivity index (χ1v) is 7.98. The second kappa shape index (κ2) is 6.58. The molecular weight excluding hydrogens is 272 g/mol. The number of para-hydroxylation sites is 2. The van der Waals surface area contributed by atoms with Crippen LogP contribution in [0.2, 0.25) is 0 Å². The SMILES string of the molecule is OC(CSc1nc2ccccc2[nH]1)CN1CCNCC1. The maximum Gasteiger partial charge on any atom is 0.166 e. The summed E-state index contributed by atoms with van der Waals surface area (Å²) in [5.41, 5.74) is 2.03. The molecule has 0 radical (unpaired) electrons. The smallest absolute Gasteiger partial charge is 0.166 e. The van der Waals surface area contributed by atoms with Crippen LogP contribution in [-0.4, -0.2) is 64.6 Å². The maximum atomic E-state index is 10.1. The van der Waals surface area contributed by atoms with Gasteiger partial charge in [0.15, 0.2) is 5.16 Å². The zero-order valence-corrected chi connectivity index (χ0v) is 12.2. The molecule has 0 saturated carbocycles. The number of hydrogen-bond acceptors (Lipinski definition) is 5. The molecule has 3 N–H and O–H groups in total. The van der Waals surface area contributed by atoms with Crippen LogP contribution < -0.4 is 5.32 Å². The highest BCUT2D eigenvalue weighted by Gasteiger charge is 2.15. The Morgan fingerprint density at radius 1 is 1.30 bits per heavy atom. The van der Waals surface area contributed by atoms with Gasteiger partial charge < -0.3 is 15.4 Å². The zero-order chi connectivity index (χ0) is 13.8. The van der Waals surface area contributed by atoms with Gasteiger partial charge >= 0.3 is 0 Å². The second-order valence-corrected chi connectivity index (χ2v) is 6.08. The van der Waals surface area contributed by atoms with Gasteiger partial charge in [0.2, 0.25) is 0 Å². The molecule has 20 heavy (non-hydrogen) atoms. The van der Waals surface area contributed by atoms with Gasteiger partial charge in [-0.25, -0.2) is 4.98 Å². The number of piperazine rings is 1. The third-order valence-corrected chi connectivity index (χ3v) is 4.48. The van der Waals surface area contributed by atoms with Crippen LogP contribution in [0.25, 0.3) is 11.0 Å². The lowest BCUT2D eigenvalue weighted by atomic mass is 10.3. The first kappa shape index (κ1) is 13.9. The molecule has 3 rings (SSSR count). The van der Waals surface area contributed by atoms with E-state index in [2.05, 4.69) is 20.2 Å². The molecular formula is C14H20N4OS. The van der Waals surface area contributed by atoms with Crippen LogP contribution in [0.4, 0.5) is 0 Å². The summed E-state index contributed by atoms with van der Waals surface area (Å²) in [6.07, 6.45) is -0.314. The number of aliphatic hydroxyl groups is 1. The van der Waals surface area contributed by atoms with Crippen molar-refractivity contribution in [3.63, 3.8) is 0 Å². The Hall–Kier alpha value is -1.08. The predicted octanol–water partition coefficient (Wildman–Crippen LogP) is 0.921. The summed E-state index contributed by atoms with van der Waals surface area (Å²) >= 11 is 1.58. The minimum absolute atomic E-state index is 0.314. The number of rotatable bonds is 5. The number of nitrogens with one attached hydrogen (secondary N) is 2. The van der Waals surface area contributed by atoms with Gasteiger partial charge in [-0.1, -0.05) is 23.9 Å². The normalized spacial score (nSPS) is 18.4. The lowest BCUT2D eigenvalue weighted by molar-refractivity contribution is 0.121. The largest absolute Gasteiger partial charge is 0.391 e. The van der Waals surface area contributed by atoms with E-state index >= 15 is 0 Å². The quantitative estimate of drug-likeness (QED) is 0.715. The summed E-state index contributed by atoms with van der Waals surface area (Å²) < 4.78 is 0. The van der Waals surface area contributed by atoms with Crippen molar-refractivity contribution in [3.05, 3.63) is 24.3 Å². The molecule has 1 saturated heterocycles. The molecule has 2 aromatic rings. The number of thioether (sulfide) groups is 1. The number of aliphatic hydroxyl groups excluding tert-OH is 1. The van der Waals surface area contributed by atoms with Crippen LogP contribution in [-0.2, 0) is 0 Å². The average molecular weight is 292 g/mol. The summed E-state index contributed by atoms with van der Waals surface area (Å²) in [6.45, 7) is 4.82. The monoisotopic (exact) mass is 292 g/mol. The summed E-state index contributed by atoms with van der Waals surface area (Å²) in [5, 5.41) is 14.3. The van der Waals surface area contributed by atoms with E-state index in [0.717, 1.165) is 48.9 Å². The Kier molecular flexibility index (Phi) is 4.57. The van der Waals surface area contributed by atoms with Crippen LogP contribution in [0.1, 0.15) is 0 Å². The molecule has 108 valence electrons. The van der Waals surface area contributed by atoms with Gasteiger partial charge in [-0.15, -0.1) is 0 Å². The van der Waals surface area contributed by atoms with Crippen LogP contribution in [0.5, 0.6) is 0 Å². The fourth-order valence-electron chi connectivity index (χ4n) is 2.42. The second-order valence-electron chi connectivity index (χ2n) is 5.07. The molecule has 1 fully saturated rings. The Bertz CT molecular complexity index is 520. The third-order valence-electron chi connectivity index (χ3n) is 3.46. The first-order valence-electron chi connectivity index (χ1n) is 7.00. The lowest BCUT2D eigenvalue weighted by Gasteiger charge is -2.28. The number of β-amino-alcohol motifs (C(OH)–C–C–N with tert-alkyl or cyclic N) is 1. The van der Waals surface area contributed by atoms with E-state index in [-0.39, 0.29) is 6.10 Å². The Morgan fingerprint density at radius 2 is 2.10 bits per heavy atom. The van der Waals surface area contributed by atoms with Crippen LogP contribution in [0, 0.1) is 0 Å². The lowest BCUT2D eigenvalue weighted by Crippen LogP contribution is -2.46. The van der Waals surface area contributed by atoms with E-state index < -0.39 is 0 Å². The fourth-order valence-corrected chi connectivity index (χ4v) is 3.22. The Morgan fingerprint density at radius 3 is 2.90 bits per heavy atom. The van der Waals surface area contributed by atoms with Crippen LogP contribution in [0.3, 0.4) is 0 Å². The minimum atomic E-state index is -0.314. The summed E-state index contributed by atoms with van der Waals surface area (Å²) in [4.78, 5) is 10.1. The van der Waals surface area contributed by atoms with Crippen molar-refractivity contribution < 1.29 is 5.11 Å². The molecule has 0 aliphatic carbocycles. The fraction of sp³-hybridized carbons (Fsp3) is 0.500. The van der Waals surface area contributed by atoms with E-state index in [1.54, 1.807) is 11.8 Å². The summed E-state index contributed by atoms with van der Waals surface area (Å²) in [6, 6.07) is 7.99. The Labute approximate surface area is 122 Å². The molecule has 5 nitrogen and oxygen atoms in total. The maximum absolute atomic E-state index is 10.1. The standard InChI is InChI=1S/C14H20N4OS/c19-11(9-18-7-5-15-6-8-18)10-20-14-16-12-3-1-2-4-13(12)17-14/h1-4,11,15,19H,5-10H2,(H,16,17). The number of imidazole rings is 1. The van der Waals surface area contributed by atoms with Crippen LogP contribution in [0.15, 0.2) is 29.4 Å². The van der Waals surface area contributed by atoms with Gasteiger partial charge in [-0.3, -0.25) is 4.90 Å². The van der Waals surface area contributed by atoms with Crippen molar-refractivity contribution in [3.8, 4) is 0 Å². The minimum Gasteiger partial charge on any atom is -0.391 e. The van der Waals surface area contributed by atoms with Crippen LogP contribution >= 0.6 is 11.8 Å². The highest BCUT2D eigenvalue weighted by atomic mass is 32.2. The molecule has 1 unspecified atom stereocenters. The zero-order valence-electron chi connectivity index (χ0n) is 11.4. The highest BCUT2D eigenvalue weighted by molar-refractivity contribution is 7.99. The molecule has 1 atom stereocenters. The summed E-state index contributed by atoms with van der Waals surface area (Å²) in [5.74, 6) is 0.670. The van der Waals surface area contributed by atoms with Gasteiger partial charge in [0, 0.05) is 38.5 Å². The molecule has 2 heterocycles. The molecule has 0 bridgehead atoms. The number of fused-ring (bicyclic) bond motifs is 1. The number of H-pyrrole nitrogens is 1. The number of aromatic amines is 1. The number of nitrogens with zero attached hydrogens (tertiary/aromatic N) is 2. The molecule has 1 aliphatic rings. The van der Waals surface area contributed by atoms with Gasteiger partial charge in [0.1, 0.15) is 0 Å². The summed E-state index contributed by atoms with van der Waals surface area (Å²) in [7, 11) is 0. The number of benzene rings is 1. The van der Waals surface area contributed by atoms with Crippen molar-refractivity contribution in [1.82, 2.24) is 20.2 Å². The van der Waals surface area contributed by atoms with Gasteiger partial charge in [0.25, 0.3) is 0 Å². The van der Waals surface area contributed by atoms with Crippen molar-refractivity contribution in [2.24, 2.45) is 0 Å². The van der Waals surface area contributed by atoms with Crippen molar-refractivity contribution >= 4 is 22.8 Å². The average Bonchev–Trinajstić information content (AvgIpc) is 2.89. The molecule has 6 heteroatoms. The van der Waals surface area contributed by atoms with E-state index in [1.807, 2.05) is 24.3 Å². The predicted molar refractivity (Wildman–Crippen MR) is 82.1 cm³/mol. The van der Waals surface area contributed by atoms with Gasteiger partial charge in [-0.05, 0) is 12.1 Å². The van der Waals surface area contributed by atoms with Crippen molar-refractivity contribution in [1.29, 1.82) is 0 Å². The van der Waals surface area contributed by atoms with Crippen molar-refractivity contribution in [2.75, 3.05) is 38.5 Å². The molecule has 0 spiro atoms. The topological polar surface area (TPSA) is 64.2 Å². The van der Waals surface area contributed by atoms with E-state index in [1.165, 1.54) is 0 Å². The molecule has 1 aliphatic heterocycles. The van der Waals surface area contributed by atoms with E-state index in [4.69, 9.17) is 0 Å². The first-order chi connectivity index (χ1) is 9.81. The van der Waals surface area contributed by atoms with E-state index in [0.29, 0.717) is 5.75 Å².